The number of nitrogens with zero attached hydrogens (tertiary/aromatic N) is 1. The number of hydrogen-bond acceptors (Lipinski definition) is 3. The third kappa shape index (κ3) is 6.65. The van der Waals surface area contributed by atoms with Crippen LogP contribution in [-0.4, -0.2) is 42.8 Å². The Morgan fingerprint density at radius 1 is 1.29 bits per heavy atom. The standard InChI is InChI=1S/C19H31N3OS/c1-4-23-18-8-5-7-17(12-18)21-19(24)20-9-6-10-22-13-15(2)11-16(3)14-22/h5,7-8,12,15-16H,4,6,9-11,13-14H2,1-3H3,(H2,20,21,24)/t15-,16+. The van der Waals surface area contributed by atoms with Gasteiger partial charge in [-0.1, -0.05) is 19.9 Å². The van der Waals surface area contributed by atoms with E-state index in [1.165, 1.54) is 19.5 Å². The van der Waals surface area contributed by atoms with Crippen LogP contribution in [0, 0.1) is 11.8 Å². The van der Waals surface area contributed by atoms with Crippen molar-refractivity contribution in [2.75, 3.05) is 38.1 Å². The number of benzene rings is 1. The molecule has 0 aromatic heterocycles. The van der Waals surface area contributed by atoms with Gasteiger partial charge in [0.2, 0.25) is 0 Å². The topological polar surface area (TPSA) is 36.5 Å². The summed E-state index contributed by atoms with van der Waals surface area (Å²) in [6.07, 6.45) is 2.48. The molecule has 0 bridgehead atoms. The molecule has 2 rings (SSSR count). The van der Waals surface area contributed by atoms with Crippen LogP contribution in [0.2, 0.25) is 0 Å². The minimum atomic E-state index is 0.667. The highest BCUT2D eigenvalue weighted by Gasteiger charge is 2.20. The Labute approximate surface area is 152 Å². The van der Waals surface area contributed by atoms with E-state index in [2.05, 4.69) is 29.4 Å². The van der Waals surface area contributed by atoms with Crippen LogP contribution in [0.1, 0.15) is 33.6 Å². The van der Waals surface area contributed by atoms with Gasteiger partial charge in [-0.2, -0.15) is 0 Å². The number of likely N-dealkylation sites (tertiary alicyclic amines) is 1. The quantitative estimate of drug-likeness (QED) is 0.579. The van der Waals surface area contributed by atoms with Gasteiger partial charge in [-0.25, -0.2) is 0 Å². The second kappa shape index (κ2) is 9.84. The second-order valence-corrected chi connectivity index (χ2v) is 7.31. The summed E-state index contributed by atoms with van der Waals surface area (Å²) in [7, 11) is 0. The van der Waals surface area contributed by atoms with Crippen LogP contribution in [0.15, 0.2) is 24.3 Å². The van der Waals surface area contributed by atoms with E-state index in [1.54, 1.807) is 0 Å². The number of nitrogens with one attached hydrogen (secondary N) is 2. The number of thiocarbonyl (C=S) groups is 1. The Hall–Kier alpha value is -1.33. The molecule has 1 aromatic carbocycles. The number of hydrogen-bond donors (Lipinski definition) is 2. The summed E-state index contributed by atoms with van der Waals surface area (Å²) in [5, 5.41) is 7.19. The lowest BCUT2D eigenvalue weighted by Crippen LogP contribution is -2.40. The van der Waals surface area contributed by atoms with Gasteiger partial charge in [-0.15, -0.1) is 0 Å². The maximum Gasteiger partial charge on any atom is 0.170 e. The minimum Gasteiger partial charge on any atom is -0.494 e. The Balaban J connectivity index is 1.65. The van der Waals surface area contributed by atoms with Crippen molar-refractivity contribution in [1.29, 1.82) is 0 Å². The van der Waals surface area contributed by atoms with Crippen LogP contribution < -0.4 is 15.4 Å². The fourth-order valence-corrected chi connectivity index (χ4v) is 3.70. The lowest BCUT2D eigenvalue weighted by atomic mass is 9.92. The minimum absolute atomic E-state index is 0.667. The fourth-order valence-electron chi connectivity index (χ4n) is 3.48. The van der Waals surface area contributed by atoms with E-state index in [9.17, 15) is 0 Å². The first-order chi connectivity index (χ1) is 11.6. The zero-order valence-corrected chi connectivity index (χ0v) is 16.0. The summed E-state index contributed by atoms with van der Waals surface area (Å²) in [5.74, 6) is 2.50. The smallest absolute Gasteiger partial charge is 0.170 e. The zero-order valence-electron chi connectivity index (χ0n) is 15.2. The van der Waals surface area contributed by atoms with Crippen LogP contribution >= 0.6 is 12.2 Å². The van der Waals surface area contributed by atoms with Gasteiger partial charge in [-0.3, -0.25) is 0 Å². The third-order valence-corrected chi connectivity index (χ3v) is 4.53. The number of anilines is 1. The van der Waals surface area contributed by atoms with Gasteiger partial charge in [0, 0.05) is 31.4 Å². The molecule has 0 amide bonds. The first-order valence-corrected chi connectivity index (χ1v) is 9.47. The lowest BCUT2D eigenvalue weighted by molar-refractivity contribution is 0.140. The summed E-state index contributed by atoms with van der Waals surface area (Å²) in [6, 6.07) is 7.88. The van der Waals surface area contributed by atoms with Gasteiger partial charge in [0.15, 0.2) is 5.11 Å². The Kier molecular flexibility index (Phi) is 7.79. The molecular formula is C19H31N3OS. The predicted molar refractivity (Wildman–Crippen MR) is 106 cm³/mol. The maximum absolute atomic E-state index is 5.50. The average Bonchev–Trinajstić information content (AvgIpc) is 2.51. The Morgan fingerprint density at radius 3 is 2.75 bits per heavy atom. The molecule has 1 aromatic rings. The highest BCUT2D eigenvalue weighted by atomic mass is 32.1. The fraction of sp³-hybridized carbons (Fsp3) is 0.632. The summed E-state index contributed by atoms with van der Waals surface area (Å²) in [6.45, 7) is 11.9. The van der Waals surface area contributed by atoms with Crippen molar-refractivity contribution in [3.05, 3.63) is 24.3 Å². The molecule has 4 nitrogen and oxygen atoms in total. The summed E-state index contributed by atoms with van der Waals surface area (Å²) in [4.78, 5) is 2.59. The number of piperidine rings is 1. The van der Waals surface area contributed by atoms with E-state index in [1.807, 2.05) is 31.2 Å². The van der Waals surface area contributed by atoms with Gasteiger partial charge >= 0.3 is 0 Å². The van der Waals surface area contributed by atoms with Crippen LogP contribution in [0.3, 0.4) is 0 Å². The second-order valence-electron chi connectivity index (χ2n) is 6.90. The molecule has 0 radical (unpaired) electrons. The summed E-state index contributed by atoms with van der Waals surface area (Å²) >= 11 is 5.37. The largest absolute Gasteiger partial charge is 0.494 e. The molecule has 1 saturated heterocycles. The molecule has 134 valence electrons. The Bertz CT molecular complexity index is 513. The number of ether oxygens (including phenoxy) is 1. The van der Waals surface area contributed by atoms with Crippen LogP contribution in [0.4, 0.5) is 5.69 Å². The molecule has 1 aliphatic heterocycles. The molecule has 1 aliphatic rings. The van der Waals surface area contributed by atoms with Gasteiger partial charge < -0.3 is 20.3 Å². The first kappa shape index (κ1) is 19.0. The van der Waals surface area contributed by atoms with E-state index < -0.39 is 0 Å². The van der Waals surface area contributed by atoms with Crippen molar-refractivity contribution in [3.63, 3.8) is 0 Å². The molecule has 0 spiro atoms. The zero-order chi connectivity index (χ0) is 17.4. The highest BCUT2D eigenvalue weighted by Crippen LogP contribution is 2.20. The van der Waals surface area contributed by atoms with Gasteiger partial charge in [0.1, 0.15) is 5.75 Å². The van der Waals surface area contributed by atoms with Crippen LogP contribution in [0.5, 0.6) is 5.75 Å². The summed E-state index contributed by atoms with van der Waals surface area (Å²) in [5.41, 5.74) is 0.956. The molecule has 0 unspecified atom stereocenters. The first-order valence-electron chi connectivity index (χ1n) is 9.07. The van der Waals surface area contributed by atoms with E-state index >= 15 is 0 Å². The van der Waals surface area contributed by atoms with Gasteiger partial charge in [0.05, 0.1) is 6.61 Å². The highest BCUT2D eigenvalue weighted by molar-refractivity contribution is 7.80. The molecule has 5 heteroatoms. The maximum atomic E-state index is 5.50. The van der Waals surface area contributed by atoms with E-state index in [4.69, 9.17) is 17.0 Å². The summed E-state index contributed by atoms with van der Waals surface area (Å²) < 4.78 is 5.50. The molecule has 2 N–H and O–H groups in total. The third-order valence-electron chi connectivity index (χ3n) is 4.28. The Morgan fingerprint density at radius 2 is 2.04 bits per heavy atom. The van der Waals surface area contributed by atoms with Crippen molar-refractivity contribution in [2.24, 2.45) is 11.8 Å². The van der Waals surface area contributed by atoms with Crippen molar-refractivity contribution >= 4 is 23.0 Å². The molecule has 2 atom stereocenters. The average molecular weight is 350 g/mol. The molecule has 0 saturated carbocycles. The lowest BCUT2D eigenvalue weighted by Gasteiger charge is -2.35. The van der Waals surface area contributed by atoms with E-state index in [0.29, 0.717) is 11.7 Å². The van der Waals surface area contributed by atoms with Crippen molar-refractivity contribution in [3.8, 4) is 5.75 Å². The van der Waals surface area contributed by atoms with E-state index in [-0.39, 0.29) is 0 Å². The number of rotatable bonds is 7. The predicted octanol–water partition coefficient (Wildman–Crippen LogP) is 3.74. The van der Waals surface area contributed by atoms with E-state index in [0.717, 1.165) is 42.8 Å². The van der Waals surface area contributed by atoms with Gasteiger partial charge in [-0.05, 0) is 62.5 Å². The van der Waals surface area contributed by atoms with Gasteiger partial charge in [0.25, 0.3) is 0 Å². The monoisotopic (exact) mass is 349 g/mol. The molecule has 0 aliphatic carbocycles. The van der Waals surface area contributed by atoms with Crippen LogP contribution in [0.25, 0.3) is 0 Å². The van der Waals surface area contributed by atoms with Crippen molar-refractivity contribution in [2.45, 2.75) is 33.6 Å². The molecular weight excluding hydrogens is 318 g/mol. The molecule has 1 fully saturated rings. The normalized spacial score (nSPS) is 21.3. The van der Waals surface area contributed by atoms with Crippen molar-refractivity contribution in [1.82, 2.24) is 10.2 Å². The molecule has 24 heavy (non-hydrogen) atoms. The van der Waals surface area contributed by atoms with Crippen LogP contribution in [-0.2, 0) is 0 Å². The molecule has 1 heterocycles. The SMILES string of the molecule is CCOc1cccc(NC(=S)NCCCN2C[C@H](C)C[C@H](C)C2)c1. The van der Waals surface area contributed by atoms with Crippen molar-refractivity contribution < 1.29 is 4.74 Å².